The summed E-state index contributed by atoms with van der Waals surface area (Å²) in [5.41, 5.74) is 8.55. The predicted octanol–water partition coefficient (Wildman–Crippen LogP) is 7.75. The Kier molecular flexibility index (Phi) is 13.2. The van der Waals surface area contributed by atoms with E-state index in [0.717, 1.165) is 17.0 Å². The fourth-order valence-corrected chi connectivity index (χ4v) is 12.5. The summed E-state index contributed by atoms with van der Waals surface area (Å²) in [5, 5.41) is 1.84. The lowest BCUT2D eigenvalue weighted by atomic mass is 9.89. The van der Waals surface area contributed by atoms with E-state index in [-0.39, 0.29) is 24.1 Å². The molecule has 0 amide bonds. The number of fused-ring (bicyclic) bond motifs is 1. The first kappa shape index (κ1) is 34.2. The van der Waals surface area contributed by atoms with Crippen molar-refractivity contribution in [3.8, 4) is 11.8 Å². The number of carbonyl (C=O) groups excluding carboxylic acids is 1. The Hall–Kier alpha value is -1.69. The van der Waals surface area contributed by atoms with Gasteiger partial charge in [-0.15, -0.1) is 0 Å². The van der Waals surface area contributed by atoms with Crippen LogP contribution < -0.4 is 5.73 Å². The number of hydroxylamine groups is 2. The summed E-state index contributed by atoms with van der Waals surface area (Å²) in [5.74, 6) is 6.67. The Labute approximate surface area is 262 Å². The van der Waals surface area contributed by atoms with Gasteiger partial charge in [-0.2, -0.15) is 5.06 Å². The summed E-state index contributed by atoms with van der Waals surface area (Å²) in [6.45, 7) is 12.8. The molecule has 6 nitrogen and oxygen atoms in total. The van der Waals surface area contributed by atoms with E-state index in [9.17, 15) is 4.79 Å². The average molecular weight is 611 g/mol. The minimum absolute atomic E-state index is 0.0401. The van der Waals surface area contributed by atoms with Crippen molar-refractivity contribution in [2.24, 2.45) is 17.6 Å². The van der Waals surface area contributed by atoms with E-state index in [4.69, 9.17) is 19.7 Å². The summed E-state index contributed by atoms with van der Waals surface area (Å²) >= 11 is 0. The van der Waals surface area contributed by atoms with Gasteiger partial charge < -0.3 is 14.9 Å². The zero-order valence-corrected chi connectivity index (χ0v) is 28.6. The van der Waals surface area contributed by atoms with Gasteiger partial charge >= 0.3 is 5.97 Å². The smallest absolute Gasteiger partial charge is 0.326 e. The van der Waals surface area contributed by atoms with Crippen LogP contribution in [0.15, 0.2) is 24.3 Å². The molecule has 1 aliphatic carbocycles. The van der Waals surface area contributed by atoms with E-state index in [1.54, 1.807) is 0 Å². The first-order chi connectivity index (χ1) is 20.7. The molecule has 4 atom stereocenters. The molecule has 7 heteroatoms. The lowest BCUT2D eigenvalue weighted by Crippen LogP contribution is -2.47. The van der Waals surface area contributed by atoms with Crippen molar-refractivity contribution in [2.45, 2.75) is 147 Å². The number of hydrogen-bond acceptors (Lipinski definition) is 6. The van der Waals surface area contributed by atoms with E-state index < -0.39 is 14.4 Å². The Morgan fingerprint density at radius 1 is 1.05 bits per heavy atom. The SMILES string of the molecule is CC(C)[Si](CCCC1CCCCCCCCC1)(OC[C@H]1ON(Cc2cccc(C#CCN)c2)[C@H]2C(=O)O[C@H](C)[C@@H]12)C(C)C. The molecule has 240 valence electrons. The van der Waals surface area contributed by atoms with Crippen LogP contribution in [0.4, 0.5) is 0 Å². The molecule has 1 aromatic carbocycles. The molecule has 2 N–H and O–H groups in total. The molecule has 0 radical (unpaired) electrons. The van der Waals surface area contributed by atoms with Crippen LogP contribution in [0.5, 0.6) is 0 Å². The molecule has 2 aliphatic heterocycles. The Balaban J connectivity index is 1.42. The molecule has 0 bridgehead atoms. The monoisotopic (exact) mass is 610 g/mol. The standard InChI is InChI=1S/C36H58N2O4Si/c1-27(2)43(28(3)4,23-15-21-30-16-11-9-7-6-8-10-12-17-30)40-26-33-34-29(5)41-36(39)35(34)38(42-33)25-32-19-13-18-31(24-32)20-14-22-37/h13,18-19,24,27-30,33-35H,6-12,15-17,21-23,25-26,37H2,1-5H3/t29-,33-,34+,35-/m1/s1. The van der Waals surface area contributed by atoms with Crippen LogP contribution >= 0.6 is 0 Å². The highest BCUT2D eigenvalue weighted by atomic mass is 28.4. The minimum Gasteiger partial charge on any atom is -0.461 e. The third-order valence-electron chi connectivity index (χ3n) is 10.4. The van der Waals surface area contributed by atoms with Gasteiger partial charge in [-0.25, -0.2) is 0 Å². The quantitative estimate of drug-likeness (QED) is 0.157. The number of ether oxygens (including phenoxy) is 1. The molecular formula is C36H58N2O4Si. The molecule has 0 unspecified atom stereocenters. The van der Waals surface area contributed by atoms with Gasteiger partial charge in [0.25, 0.3) is 0 Å². The topological polar surface area (TPSA) is 74.0 Å². The van der Waals surface area contributed by atoms with Crippen molar-refractivity contribution in [3.63, 3.8) is 0 Å². The number of rotatable bonds is 11. The van der Waals surface area contributed by atoms with E-state index in [1.165, 1.54) is 76.7 Å². The number of nitrogens with two attached hydrogens (primary N) is 1. The predicted molar refractivity (Wildman–Crippen MR) is 177 cm³/mol. The highest BCUT2D eigenvalue weighted by Crippen LogP contribution is 2.43. The Bertz CT molecular complexity index is 1060. The van der Waals surface area contributed by atoms with Gasteiger partial charge in [0, 0.05) is 5.56 Å². The summed E-state index contributed by atoms with van der Waals surface area (Å²) < 4.78 is 12.9. The normalized spacial score (nSPS) is 25.9. The Morgan fingerprint density at radius 2 is 1.72 bits per heavy atom. The number of nitrogens with zero attached hydrogens (tertiary/aromatic N) is 1. The van der Waals surface area contributed by atoms with Crippen molar-refractivity contribution in [2.75, 3.05) is 13.2 Å². The van der Waals surface area contributed by atoms with Gasteiger partial charge in [-0.1, -0.05) is 122 Å². The van der Waals surface area contributed by atoms with Gasteiger partial charge in [0.1, 0.15) is 18.2 Å². The van der Waals surface area contributed by atoms with Crippen LogP contribution in [0.1, 0.15) is 116 Å². The lowest BCUT2D eigenvalue weighted by Gasteiger charge is -2.40. The summed E-state index contributed by atoms with van der Waals surface area (Å²) in [6, 6.07) is 8.85. The van der Waals surface area contributed by atoms with Crippen LogP contribution in [0.3, 0.4) is 0 Å². The van der Waals surface area contributed by atoms with Crippen LogP contribution in [0, 0.1) is 23.7 Å². The fraction of sp³-hybridized carbons (Fsp3) is 0.750. The third-order valence-corrected chi connectivity index (χ3v) is 16.2. The summed E-state index contributed by atoms with van der Waals surface area (Å²) in [7, 11) is -2.09. The fourth-order valence-electron chi connectivity index (χ4n) is 7.96. The first-order valence-electron chi connectivity index (χ1n) is 17.3. The average Bonchev–Trinajstić information content (AvgIpc) is 3.49. The maximum Gasteiger partial charge on any atom is 0.326 e. The number of carbonyl (C=O) groups is 1. The number of esters is 1. The van der Waals surface area contributed by atoms with Crippen molar-refractivity contribution >= 4 is 14.3 Å². The zero-order chi connectivity index (χ0) is 30.8. The molecule has 2 heterocycles. The van der Waals surface area contributed by atoms with Crippen LogP contribution in [0.2, 0.25) is 17.1 Å². The molecular weight excluding hydrogens is 552 g/mol. The van der Waals surface area contributed by atoms with Crippen LogP contribution in [-0.4, -0.2) is 50.8 Å². The highest BCUT2D eigenvalue weighted by Gasteiger charge is 2.57. The van der Waals surface area contributed by atoms with Gasteiger partial charge in [-0.3, -0.25) is 9.63 Å². The second-order valence-electron chi connectivity index (χ2n) is 14.0. The van der Waals surface area contributed by atoms with Gasteiger partial charge in [0.05, 0.1) is 25.6 Å². The number of benzene rings is 1. The molecule has 43 heavy (non-hydrogen) atoms. The molecule has 2 saturated heterocycles. The molecule has 0 aromatic heterocycles. The molecule has 3 aliphatic rings. The maximum atomic E-state index is 13.0. The minimum atomic E-state index is -2.09. The molecule has 3 fully saturated rings. The summed E-state index contributed by atoms with van der Waals surface area (Å²) in [4.78, 5) is 19.6. The highest BCUT2D eigenvalue weighted by molar-refractivity contribution is 6.76. The van der Waals surface area contributed by atoms with E-state index in [2.05, 4.69) is 39.5 Å². The van der Waals surface area contributed by atoms with Crippen molar-refractivity contribution in [1.29, 1.82) is 0 Å². The molecule has 4 rings (SSSR count). The second-order valence-corrected chi connectivity index (χ2v) is 19.0. The molecule has 1 saturated carbocycles. The third kappa shape index (κ3) is 8.95. The van der Waals surface area contributed by atoms with Crippen molar-refractivity contribution < 1.29 is 18.8 Å². The molecule has 0 spiro atoms. The summed E-state index contributed by atoms with van der Waals surface area (Å²) in [6.07, 6.45) is 14.9. The maximum absolute atomic E-state index is 13.0. The van der Waals surface area contributed by atoms with Crippen LogP contribution in [0.25, 0.3) is 0 Å². The number of hydrogen-bond donors (Lipinski definition) is 1. The largest absolute Gasteiger partial charge is 0.461 e. The molecule has 1 aromatic rings. The van der Waals surface area contributed by atoms with Gasteiger partial charge in [0.2, 0.25) is 0 Å². The zero-order valence-electron chi connectivity index (χ0n) is 27.6. The first-order valence-corrected chi connectivity index (χ1v) is 19.6. The second kappa shape index (κ2) is 16.6. The Morgan fingerprint density at radius 3 is 2.37 bits per heavy atom. The van der Waals surface area contributed by atoms with Gasteiger partial charge in [0.15, 0.2) is 8.32 Å². The van der Waals surface area contributed by atoms with E-state index in [1.807, 2.05) is 36.3 Å². The van der Waals surface area contributed by atoms with Crippen molar-refractivity contribution in [3.05, 3.63) is 35.4 Å². The van der Waals surface area contributed by atoms with Crippen LogP contribution in [-0.2, 0) is 25.3 Å². The lowest BCUT2D eigenvalue weighted by molar-refractivity contribution is -0.195. The van der Waals surface area contributed by atoms with E-state index >= 15 is 0 Å². The van der Waals surface area contributed by atoms with Crippen molar-refractivity contribution in [1.82, 2.24) is 5.06 Å². The van der Waals surface area contributed by atoms with Gasteiger partial charge in [-0.05, 0) is 47.7 Å². The van der Waals surface area contributed by atoms with E-state index in [0.29, 0.717) is 30.8 Å². The number of cyclic esters (lactones) is 1.